The van der Waals surface area contributed by atoms with E-state index in [2.05, 4.69) is 15.0 Å². The van der Waals surface area contributed by atoms with Gasteiger partial charge in [0.25, 0.3) is 15.9 Å². The summed E-state index contributed by atoms with van der Waals surface area (Å²) in [5.74, 6) is -1.75. The van der Waals surface area contributed by atoms with E-state index in [0.29, 0.717) is 11.3 Å². The highest BCUT2D eigenvalue weighted by Crippen LogP contribution is 2.22. The van der Waals surface area contributed by atoms with Crippen LogP contribution in [0, 0.1) is 6.92 Å². The fourth-order valence-corrected chi connectivity index (χ4v) is 4.22. The Morgan fingerprint density at radius 3 is 2.48 bits per heavy atom. The maximum absolute atomic E-state index is 12.3. The summed E-state index contributed by atoms with van der Waals surface area (Å²) in [6, 6.07) is 12.4. The van der Waals surface area contributed by atoms with Gasteiger partial charge in [-0.1, -0.05) is 29.8 Å². The summed E-state index contributed by atoms with van der Waals surface area (Å²) >= 11 is 0. The van der Waals surface area contributed by atoms with Crippen molar-refractivity contribution in [3.63, 3.8) is 0 Å². The largest absolute Gasteiger partial charge is 0.454 e. The summed E-state index contributed by atoms with van der Waals surface area (Å²) in [7, 11) is -2.32. The molecule has 2 amide bonds. The van der Waals surface area contributed by atoms with E-state index in [1.165, 1.54) is 20.0 Å². The Kier molecular flexibility index (Phi) is 7.12. The molecule has 1 atom stereocenters. The lowest BCUT2D eigenvalue weighted by atomic mass is 10.2. The highest BCUT2D eigenvalue weighted by molar-refractivity contribution is 7.90. The Labute approximate surface area is 191 Å². The molecule has 1 aliphatic heterocycles. The van der Waals surface area contributed by atoms with E-state index in [0.717, 1.165) is 10.5 Å². The van der Waals surface area contributed by atoms with Crippen LogP contribution >= 0.6 is 0 Å². The average Bonchev–Trinajstić information content (AvgIpc) is 3.03. The van der Waals surface area contributed by atoms with E-state index in [1.807, 2.05) is 19.1 Å². The number of amidine groups is 1. The highest BCUT2D eigenvalue weighted by atomic mass is 32.2. The van der Waals surface area contributed by atoms with Crippen molar-refractivity contribution in [1.82, 2.24) is 9.62 Å². The quantitative estimate of drug-likeness (QED) is 0.579. The predicted octanol–water partition coefficient (Wildman–Crippen LogP) is 1.06. The van der Waals surface area contributed by atoms with E-state index in [9.17, 15) is 22.8 Å². The number of amides is 2. The normalized spacial score (nSPS) is 15.8. The van der Waals surface area contributed by atoms with Gasteiger partial charge in [0.2, 0.25) is 5.91 Å². The third-order valence-corrected chi connectivity index (χ3v) is 6.20. The Hall–Kier alpha value is -3.73. The summed E-state index contributed by atoms with van der Waals surface area (Å²) < 4.78 is 31.6. The second-order valence-corrected chi connectivity index (χ2v) is 9.18. The van der Waals surface area contributed by atoms with E-state index < -0.39 is 40.5 Å². The number of aryl methyl sites for hydroxylation is 1. The minimum absolute atomic E-state index is 0.0336. The number of aliphatic imine (C=N–C) groups is 1. The lowest BCUT2D eigenvalue weighted by molar-refractivity contribution is -0.152. The van der Waals surface area contributed by atoms with Gasteiger partial charge in [0.15, 0.2) is 6.61 Å². The molecule has 0 aliphatic carbocycles. The number of carbonyl (C=O) groups is 3. The molecule has 1 aliphatic rings. The topological polar surface area (TPSA) is 134 Å². The van der Waals surface area contributed by atoms with Gasteiger partial charge in [-0.2, -0.15) is 0 Å². The van der Waals surface area contributed by atoms with Gasteiger partial charge >= 0.3 is 5.97 Å². The number of hydrogen-bond acceptors (Lipinski definition) is 7. The first-order valence-corrected chi connectivity index (χ1v) is 11.5. The average molecular weight is 473 g/mol. The summed E-state index contributed by atoms with van der Waals surface area (Å²) in [6.45, 7) is 2.55. The maximum atomic E-state index is 12.3. The number of benzene rings is 2. The molecule has 33 heavy (non-hydrogen) atoms. The van der Waals surface area contributed by atoms with Crippen LogP contribution in [-0.2, 0) is 29.1 Å². The molecule has 0 aromatic heterocycles. The Balaban J connectivity index is 1.51. The fourth-order valence-electron chi connectivity index (χ4n) is 2.98. The van der Waals surface area contributed by atoms with E-state index in [1.54, 1.807) is 30.3 Å². The number of rotatable bonds is 7. The SMILES string of the molecule is Cc1ccc(NC(=O)CN(C)C(=O)COC(=O)C(C)N=C2NS(=O)(=O)c3ccccc32)cc1. The molecule has 0 saturated carbocycles. The molecular formula is C22H24N4O6S. The van der Waals surface area contributed by atoms with Crippen molar-refractivity contribution < 1.29 is 27.5 Å². The third-order valence-electron chi connectivity index (χ3n) is 4.81. The third kappa shape index (κ3) is 5.95. The van der Waals surface area contributed by atoms with Crippen molar-refractivity contribution in [1.29, 1.82) is 0 Å². The number of fused-ring (bicyclic) bond motifs is 1. The minimum atomic E-state index is -3.73. The Morgan fingerprint density at radius 1 is 1.12 bits per heavy atom. The Bertz CT molecular complexity index is 1210. The van der Waals surface area contributed by atoms with Crippen LogP contribution in [0.25, 0.3) is 0 Å². The number of ether oxygens (including phenoxy) is 1. The smallest absolute Gasteiger partial charge is 0.331 e. The standard InChI is InChI=1S/C22H24N4O6S/c1-14-8-10-16(11-9-14)24-19(27)12-26(3)20(28)13-32-22(29)15(2)23-21-17-6-4-5-7-18(17)33(30,31)25-21/h4-11,15H,12-13H2,1-3H3,(H,23,25)(H,24,27). The molecule has 11 heteroatoms. The zero-order chi connectivity index (χ0) is 24.2. The van der Waals surface area contributed by atoms with Crippen molar-refractivity contribution in [3.05, 3.63) is 59.7 Å². The van der Waals surface area contributed by atoms with Gasteiger partial charge in [0, 0.05) is 18.3 Å². The molecule has 1 heterocycles. The number of nitrogens with one attached hydrogen (secondary N) is 2. The molecule has 2 aromatic carbocycles. The molecule has 0 bridgehead atoms. The van der Waals surface area contributed by atoms with Crippen LogP contribution in [0.5, 0.6) is 0 Å². The first-order chi connectivity index (χ1) is 15.6. The number of carbonyl (C=O) groups excluding carboxylic acids is 3. The summed E-state index contributed by atoms with van der Waals surface area (Å²) in [5, 5.41) is 2.68. The minimum Gasteiger partial charge on any atom is -0.454 e. The molecule has 0 saturated heterocycles. The number of sulfonamides is 1. The second-order valence-electron chi connectivity index (χ2n) is 7.53. The van der Waals surface area contributed by atoms with Crippen LogP contribution in [0.4, 0.5) is 5.69 Å². The second kappa shape index (κ2) is 9.82. The maximum Gasteiger partial charge on any atom is 0.331 e. The zero-order valence-corrected chi connectivity index (χ0v) is 19.2. The van der Waals surface area contributed by atoms with Crippen molar-refractivity contribution in [2.45, 2.75) is 24.8 Å². The molecule has 0 fully saturated rings. The van der Waals surface area contributed by atoms with Gasteiger partial charge in [-0.25, -0.2) is 13.2 Å². The number of nitrogens with zero attached hydrogens (tertiary/aromatic N) is 2. The van der Waals surface area contributed by atoms with Crippen molar-refractivity contribution >= 4 is 39.3 Å². The van der Waals surface area contributed by atoms with Crippen molar-refractivity contribution in [3.8, 4) is 0 Å². The van der Waals surface area contributed by atoms with Gasteiger partial charge in [-0.15, -0.1) is 0 Å². The van der Waals surface area contributed by atoms with E-state index in [-0.39, 0.29) is 17.3 Å². The van der Waals surface area contributed by atoms with Crippen LogP contribution in [-0.4, -0.2) is 63.2 Å². The van der Waals surface area contributed by atoms with Crippen molar-refractivity contribution in [2.24, 2.45) is 4.99 Å². The zero-order valence-electron chi connectivity index (χ0n) is 18.4. The fraction of sp³-hybridized carbons (Fsp3) is 0.273. The molecule has 2 aromatic rings. The number of anilines is 1. The number of hydrogen-bond donors (Lipinski definition) is 2. The molecule has 2 N–H and O–H groups in total. The van der Waals surface area contributed by atoms with Gasteiger partial charge in [-0.3, -0.25) is 19.3 Å². The number of esters is 1. The Morgan fingerprint density at radius 2 is 1.79 bits per heavy atom. The molecule has 0 spiro atoms. The summed E-state index contributed by atoms with van der Waals surface area (Å²) in [4.78, 5) is 41.9. The van der Waals surface area contributed by atoms with Gasteiger partial charge in [0.1, 0.15) is 11.9 Å². The van der Waals surface area contributed by atoms with Crippen LogP contribution in [0.15, 0.2) is 58.4 Å². The summed E-state index contributed by atoms with van der Waals surface area (Å²) in [6.07, 6.45) is 0. The monoisotopic (exact) mass is 472 g/mol. The van der Waals surface area contributed by atoms with Gasteiger partial charge in [0.05, 0.1) is 11.4 Å². The highest BCUT2D eigenvalue weighted by Gasteiger charge is 2.31. The lowest BCUT2D eigenvalue weighted by Gasteiger charge is -2.17. The predicted molar refractivity (Wildman–Crippen MR) is 121 cm³/mol. The van der Waals surface area contributed by atoms with Gasteiger partial charge in [-0.05, 0) is 38.1 Å². The number of likely N-dealkylation sites (N-methyl/N-ethyl adjacent to an activating group) is 1. The van der Waals surface area contributed by atoms with Crippen LogP contribution < -0.4 is 10.0 Å². The lowest BCUT2D eigenvalue weighted by Crippen LogP contribution is -2.38. The molecule has 10 nitrogen and oxygen atoms in total. The first kappa shape index (κ1) is 23.9. The molecule has 3 rings (SSSR count). The molecule has 174 valence electrons. The summed E-state index contributed by atoms with van der Waals surface area (Å²) in [5.41, 5.74) is 2.01. The molecule has 1 unspecified atom stereocenters. The van der Waals surface area contributed by atoms with Crippen LogP contribution in [0.3, 0.4) is 0 Å². The first-order valence-electron chi connectivity index (χ1n) is 10.0. The van der Waals surface area contributed by atoms with E-state index in [4.69, 9.17) is 4.74 Å². The van der Waals surface area contributed by atoms with Gasteiger partial charge < -0.3 is 15.0 Å². The molecular weight excluding hydrogens is 448 g/mol. The van der Waals surface area contributed by atoms with Crippen molar-refractivity contribution in [2.75, 3.05) is 25.5 Å². The van der Waals surface area contributed by atoms with Crippen LogP contribution in [0.1, 0.15) is 18.1 Å². The van der Waals surface area contributed by atoms with E-state index >= 15 is 0 Å². The van der Waals surface area contributed by atoms with Crippen LogP contribution in [0.2, 0.25) is 0 Å². The molecule has 0 radical (unpaired) electrons.